The highest BCUT2D eigenvalue weighted by Crippen LogP contribution is 2.38. The number of rotatable bonds is 4. The molecule has 20 heavy (non-hydrogen) atoms. The van der Waals surface area contributed by atoms with E-state index in [0.29, 0.717) is 6.54 Å². The number of hydrogen-bond donors (Lipinski definition) is 1. The van der Waals surface area contributed by atoms with Gasteiger partial charge < -0.3 is 5.32 Å². The van der Waals surface area contributed by atoms with Gasteiger partial charge in [0, 0.05) is 26.7 Å². The van der Waals surface area contributed by atoms with Crippen LogP contribution >= 0.6 is 11.3 Å². The normalized spacial score (nSPS) is 11.1. The molecule has 3 rings (SSSR count). The highest BCUT2D eigenvalue weighted by molar-refractivity contribution is 7.26. The van der Waals surface area contributed by atoms with Crippen molar-refractivity contribution < 1.29 is 4.79 Å². The fraction of sp³-hybridized carbons (Fsp3) is 0.235. The van der Waals surface area contributed by atoms with Gasteiger partial charge in [0.15, 0.2) is 0 Å². The van der Waals surface area contributed by atoms with E-state index in [0.717, 1.165) is 12.8 Å². The van der Waals surface area contributed by atoms with Crippen molar-refractivity contribution in [2.75, 3.05) is 6.54 Å². The lowest BCUT2D eigenvalue weighted by atomic mass is 9.97. The van der Waals surface area contributed by atoms with Crippen LogP contribution in [0.25, 0.3) is 20.2 Å². The second-order valence-electron chi connectivity index (χ2n) is 5.10. The van der Waals surface area contributed by atoms with Crippen LogP contribution in [-0.2, 0) is 11.2 Å². The van der Waals surface area contributed by atoms with Crippen molar-refractivity contribution in [2.45, 2.75) is 20.3 Å². The second kappa shape index (κ2) is 5.25. The van der Waals surface area contributed by atoms with E-state index in [1.54, 1.807) is 0 Å². The van der Waals surface area contributed by atoms with Crippen molar-refractivity contribution in [1.29, 1.82) is 0 Å². The van der Waals surface area contributed by atoms with Gasteiger partial charge in [-0.3, -0.25) is 4.79 Å². The van der Waals surface area contributed by atoms with Crippen LogP contribution < -0.4 is 5.32 Å². The van der Waals surface area contributed by atoms with Gasteiger partial charge in [-0.05, 0) is 43.0 Å². The Hall–Kier alpha value is -1.87. The lowest BCUT2D eigenvalue weighted by Gasteiger charge is -2.10. The third-order valence-electron chi connectivity index (χ3n) is 3.82. The minimum Gasteiger partial charge on any atom is -0.358 e. The molecule has 102 valence electrons. The average molecular weight is 283 g/mol. The van der Waals surface area contributed by atoms with Gasteiger partial charge in [-0.25, -0.2) is 0 Å². The molecule has 0 saturated heterocycles. The molecule has 0 aliphatic carbocycles. The van der Waals surface area contributed by atoms with E-state index in [9.17, 15) is 4.79 Å². The monoisotopic (exact) mass is 283 g/mol. The van der Waals surface area contributed by atoms with E-state index in [2.05, 4.69) is 49.5 Å². The van der Waals surface area contributed by atoms with Crippen molar-refractivity contribution in [3.05, 3.63) is 47.0 Å². The van der Waals surface area contributed by atoms with E-state index in [1.165, 1.54) is 36.9 Å². The number of benzene rings is 2. The molecular formula is C17H17NOS. The van der Waals surface area contributed by atoms with Gasteiger partial charge in [0.05, 0.1) is 0 Å². The molecule has 0 unspecified atom stereocenters. The molecule has 3 aromatic rings. The molecule has 1 aromatic heterocycles. The molecule has 1 N–H and O–H groups in total. The van der Waals surface area contributed by atoms with E-state index >= 15 is 0 Å². The summed E-state index contributed by atoms with van der Waals surface area (Å²) in [6, 6.07) is 10.8. The summed E-state index contributed by atoms with van der Waals surface area (Å²) in [6.07, 6.45) is 1.65. The van der Waals surface area contributed by atoms with Crippen molar-refractivity contribution in [3.8, 4) is 0 Å². The molecule has 2 aromatic carbocycles. The van der Waals surface area contributed by atoms with Crippen LogP contribution in [0.4, 0.5) is 0 Å². The highest BCUT2D eigenvalue weighted by atomic mass is 32.1. The van der Waals surface area contributed by atoms with Crippen molar-refractivity contribution in [2.24, 2.45) is 0 Å². The number of aryl methyl sites for hydroxylation is 2. The van der Waals surface area contributed by atoms with Gasteiger partial charge >= 0.3 is 0 Å². The summed E-state index contributed by atoms with van der Waals surface area (Å²) in [5.41, 5.74) is 4.00. The molecular weight excluding hydrogens is 266 g/mol. The van der Waals surface area contributed by atoms with Crippen LogP contribution in [0.3, 0.4) is 0 Å². The molecule has 1 amide bonds. The number of nitrogens with one attached hydrogen (secondary N) is 1. The fourth-order valence-corrected chi connectivity index (χ4v) is 4.05. The summed E-state index contributed by atoms with van der Waals surface area (Å²) >= 11 is 1.87. The standard InChI is InChI=1S/C17H17NOS/c1-11-9-13(7-8-18-10-19)12(2)16-14-5-3-4-6-15(14)20-17(11)16/h3-6,9-10H,7-8H2,1-2H3,(H,18,19). The number of amides is 1. The molecule has 0 radical (unpaired) electrons. The van der Waals surface area contributed by atoms with E-state index in [-0.39, 0.29) is 0 Å². The number of carbonyl (C=O) groups is 1. The Morgan fingerprint density at radius 2 is 2.05 bits per heavy atom. The Labute approximate surface area is 122 Å². The smallest absolute Gasteiger partial charge is 0.207 e. The zero-order valence-corrected chi connectivity index (χ0v) is 12.5. The van der Waals surface area contributed by atoms with Gasteiger partial charge in [-0.2, -0.15) is 0 Å². The Kier molecular flexibility index (Phi) is 3.45. The third-order valence-corrected chi connectivity index (χ3v) is 5.13. The first-order valence-electron chi connectivity index (χ1n) is 6.79. The molecule has 1 heterocycles. The molecule has 0 spiro atoms. The SMILES string of the molecule is Cc1cc(CCNC=O)c(C)c2c1sc1ccccc12. The second-order valence-corrected chi connectivity index (χ2v) is 6.15. The molecule has 0 aliphatic heterocycles. The summed E-state index contributed by atoms with van der Waals surface area (Å²) < 4.78 is 2.73. The van der Waals surface area contributed by atoms with Gasteiger partial charge in [-0.1, -0.05) is 24.3 Å². The quantitative estimate of drug-likeness (QED) is 0.570. The lowest BCUT2D eigenvalue weighted by molar-refractivity contribution is -0.109. The number of thiophene rings is 1. The van der Waals surface area contributed by atoms with Crippen molar-refractivity contribution in [1.82, 2.24) is 5.32 Å². The van der Waals surface area contributed by atoms with Gasteiger partial charge in [0.25, 0.3) is 0 Å². The molecule has 0 atom stereocenters. The highest BCUT2D eigenvalue weighted by Gasteiger charge is 2.12. The lowest BCUT2D eigenvalue weighted by Crippen LogP contribution is -2.14. The predicted molar refractivity (Wildman–Crippen MR) is 86.6 cm³/mol. The van der Waals surface area contributed by atoms with Crippen molar-refractivity contribution >= 4 is 37.9 Å². The number of carbonyl (C=O) groups excluding carboxylic acids is 1. The maximum Gasteiger partial charge on any atom is 0.207 e. The van der Waals surface area contributed by atoms with Crippen LogP contribution in [0, 0.1) is 13.8 Å². The molecule has 0 fully saturated rings. The predicted octanol–water partition coefficient (Wildman–Crippen LogP) is 3.96. The topological polar surface area (TPSA) is 29.1 Å². The molecule has 0 saturated carbocycles. The first-order valence-corrected chi connectivity index (χ1v) is 7.61. The van der Waals surface area contributed by atoms with Crippen LogP contribution in [0.1, 0.15) is 16.7 Å². The summed E-state index contributed by atoms with van der Waals surface area (Å²) in [4.78, 5) is 10.4. The van der Waals surface area contributed by atoms with Crippen LogP contribution in [0.2, 0.25) is 0 Å². The minimum absolute atomic E-state index is 0.692. The summed E-state index contributed by atoms with van der Waals surface area (Å²) in [7, 11) is 0. The zero-order chi connectivity index (χ0) is 14.1. The minimum atomic E-state index is 0.692. The Balaban J connectivity index is 2.21. The van der Waals surface area contributed by atoms with Crippen LogP contribution in [0.5, 0.6) is 0 Å². The van der Waals surface area contributed by atoms with Gasteiger partial charge in [-0.15, -0.1) is 11.3 Å². The Morgan fingerprint density at radius 1 is 1.25 bits per heavy atom. The molecule has 2 nitrogen and oxygen atoms in total. The molecule has 0 bridgehead atoms. The van der Waals surface area contributed by atoms with E-state index < -0.39 is 0 Å². The first-order chi connectivity index (χ1) is 9.72. The number of hydrogen-bond acceptors (Lipinski definition) is 2. The molecule has 3 heteroatoms. The van der Waals surface area contributed by atoms with E-state index in [1.807, 2.05) is 11.3 Å². The average Bonchev–Trinajstić information content (AvgIpc) is 2.84. The van der Waals surface area contributed by atoms with Crippen LogP contribution in [0.15, 0.2) is 30.3 Å². The third kappa shape index (κ3) is 2.08. The van der Waals surface area contributed by atoms with Gasteiger partial charge in [0.1, 0.15) is 0 Å². The fourth-order valence-electron chi connectivity index (χ4n) is 2.82. The number of fused-ring (bicyclic) bond motifs is 3. The summed E-state index contributed by atoms with van der Waals surface area (Å²) in [6.45, 7) is 5.06. The maximum atomic E-state index is 10.4. The van der Waals surface area contributed by atoms with E-state index in [4.69, 9.17) is 0 Å². The van der Waals surface area contributed by atoms with Crippen LogP contribution in [-0.4, -0.2) is 13.0 Å². The summed E-state index contributed by atoms with van der Waals surface area (Å²) in [5.74, 6) is 0. The summed E-state index contributed by atoms with van der Waals surface area (Å²) in [5, 5.41) is 5.47. The first kappa shape index (κ1) is 13.1. The zero-order valence-electron chi connectivity index (χ0n) is 11.7. The Bertz CT molecular complexity index is 788. The van der Waals surface area contributed by atoms with Gasteiger partial charge in [0.2, 0.25) is 6.41 Å². The Morgan fingerprint density at radius 3 is 2.85 bits per heavy atom. The maximum absolute atomic E-state index is 10.4. The van der Waals surface area contributed by atoms with Crippen molar-refractivity contribution in [3.63, 3.8) is 0 Å². The molecule has 0 aliphatic rings. The largest absolute Gasteiger partial charge is 0.358 e.